The van der Waals surface area contributed by atoms with Gasteiger partial charge in [-0.25, -0.2) is 0 Å². The van der Waals surface area contributed by atoms with E-state index >= 15 is 0 Å². The maximum absolute atomic E-state index is 12.7. The smallest absolute Gasteiger partial charge is 0.239 e. The van der Waals surface area contributed by atoms with Crippen LogP contribution in [0.5, 0.6) is 0 Å². The van der Waals surface area contributed by atoms with Crippen LogP contribution >= 0.6 is 0 Å². The van der Waals surface area contributed by atoms with Gasteiger partial charge < -0.3 is 10.0 Å². The van der Waals surface area contributed by atoms with Crippen LogP contribution in [0.15, 0.2) is 0 Å². The number of hydrogen-bond donors (Lipinski definition) is 1. The molecule has 1 saturated carbocycles. The van der Waals surface area contributed by atoms with Gasteiger partial charge in [0.05, 0.1) is 12.1 Å². The van der Waals surface area contributed by atoms with Crippen LogP contribution in [0.2, 0.25) is 0 Å². The van der Waals surface area contributed by atoms with Crippen molar-refractivity contribution in [1.29, 1.82) is 0 Å². The molecule has 0 spiro atoms. The maximum Gasteiger partial charge on any atom is 0.239 e. The first kappa shape index (κ1) is 17.2. The van der Waals surface area contributed by atoms with Crippen LogP contribution in [0.4, 0.5) is 0 Å². The molecule has 0 bridgehead atoms. The van der Waals surface area contributed by atoms with E-state index in [1.54, 1.807) is 0 Å². The van der Waals surface area contributed by atoms with Gasteiger partial charge in [-0.2, -0.15) is 0 Å². The van der Waals surface area contributed by atoms with E-state index in [0.29, 0.717) is 11.8 Å². The molecule has 2 unspecified atom stereocenters. The van der Waals surface area contributed by atoms with Gasteiger partial charge in [-0.15, -0.1) is 0 Å². The molecule has 0 radical (unpaired) electrons. The Balaban J connectivity index is 1.42. The van der Waals surface area contributed by atoms with E-state index in [0.717, 1.165) is 64.6 Å². The molecule has 3 rings (SSSR count). The standard InChI is InChI=1S/C18H33N3O2/c1-14-5-7-21(8-6-14)18(23)15(2)20-11-9-19(10-12-20)13-17(22)16-3-4-16/h14-17,22H,3-13H2,1-2H3. The zero-order valence-corrected chi connectivity index (χ0v) is 14.8. The summed E-state index contributed by atoms with van der Waals surface area (Å²) in [5, 5.41) is 10.1. The molecule has 1 amide bonds. The van der Waals surface area contributed by atoms with Crippen LogP contribution in [-0.2, 0) is 4.79 Å². The topological polar surface area (TPSA) is 47.0 Å². The molecule has 3 fully saturated rings. The van der Waals surface area contributed by atoms with Gasteiger partial charge in [-0.05, 0) is 44.4 Å². The van der Waals surface area contributed by atoms with E-state index in [1.807, 2.05) is 0 Å². The Morgan fingerprint density at radius 1 is 1.04 bits per heavy atom. The molecule has 0 aromatic heterocycles. The molecule has 23 heavy (non-hydrogen) atoms. The summed E-state index contributed by atoms with van der Waals surface area (Å²) in [6.07, 6.45) is 4.54. The van der Waals surface area contributed by atoms with Crippen molar-refractivity contribution in [3.8, 4) is 0 Å². The second kappa shape index (κ2) is 7.49. The first-order valence-electron chi connectivity index (χ1n) is 9.48. The first-order chi connectivity index (χ1) is 11.0. The number of hydrogen-bond acceptors (Lipinski definition) is 4. The van der Waals surface area contributed by atoms with Gasteiger partial charge in [0.2, 0.25) is 5.91 Å². The van der Waals surface area contributed by atoms with Crippen LogP contribution in [-0.4, -0.2) is 83.7 Å². The number of aliphatic hydroxyl groups is 1. The summed E-state index contributed by atoms with van der Waals surface area (Å²) in [5.41, 5.74) is 0. The van der Waals surface area contributed by atoms with E-state index in [9.17, 15) is 9.90 Å². The molecule has 1 N–H and O–H groups in total. The van der Waals surface area contributed by atoms with E-state index in [4.69, 9.17) is 0 Å². The number of aliphatic hydroxyl groups excluding tert-OH is 1. The Hall–Kier alpha value is -0.650. The lowest BCUT2D eigenvalue weighted by molar-refractivity contribution is -0.138. The Labute approximate surface area is 140 Å². The van der Waals surface area contributed by atoms with Gasteiger partial charge in [0.25, 0.3) is 0 Å². The van der Waals surface area contributed by atoms with E-state index < -0.39 is 0 Å². The van der Waals surface area contributed by atoms with Gasteiger partial charge in [0, 0.05) is 45.8 Å². The van der Waals surface area contributed by atoms with Gasteiger partial charge in [-0.1, -0.05) is 6.92 Å². The Morgan fingerprint density at radius 2 is 1.65 bits per heavy atom. The predicted octanol–water partition coefficient (Wildman–Crippen LogP) is 1.02. The highest BCUT2D eigenvalue weighted by molar-refractivity contribution is 5.81. The molecule has 132 valence electrons. The SMILES string of the molecule is CC1CCN(C(=O)C(C)N2CCN(CC(O)C3CC3)CC2)CC1. The molecule has 0 aromatic carbocycles. The number of carbonyl (C=O) groups is 1. The summed E-state index contributed by atoms with van der Waals surface area (Å²) in [6.45, 7) is 10.8. The summed E-state index contributed by atoms with van der Waals surface area (Å²) in [5.74, 6) is 1.62. The van der Waals surface area contributed by atoms with Crippen molar-refractivity contribution >= 4 is 5.91 Å². The summed E-state index contributed by atoms with van der Waals surface area (Å²) < 4.78 is 0. The first-order valence-corrected chi connectivity index (χ1v) is 9.48. The lowest BCUT2D eigenvalue weighted by Crippen LogP contribution is -2.56. The number of piperazine rings is 1. The summed E-state index contributed by atoms with van der Waals surface area (Å²) >= 11 is 0. The van der Waals surface area contributed by atoms with E-state index in [1.165, 1.54) is 12.8 Å². The molecule has 5 heteroatoms. The molecular formula is C18H33N3O2. The normalized spacial score (nSPS) is 27.9. The van der Waals surface area contributed by atoms with Crippen molar-refractivity contribution in [2.75, 3.05) is 45.8 Å². The highest BCUT2D eigenvalue weighted by Gasteiger charge is 2.33. The quantitative estimate of drug-likeness (QED) is 0.821. The molecule has 2 aliphatic heterocycles. The lowest BCUT2D eigenvalue weighted by Gasteiger charge is -2.40. The van der Waals surface area contributed by atoms with Gasteiger partial charge >= 0.3 is 0 Å². The Bertz CT molecular complexity index is 397. The number of β-amino-alcohol motifs (C(OH)–C–C–N with tert-alkyl or cyclic N) is 1. The van der Waals surface area contributed by atoms with Gasteiger partial charge in [0.15, 0.2) is 0 Å². The fraction of sp³-hybridized carbons (Fsp3) is 0.944. The zero-order chi connectivity index (χ0) is 16.4. The van der Waals surface area contributed by atoms with Crippen LogP contribution in [0.25, 0.3) is 0 Å². The number of likely N-dealkylation sites (tertiary alicyclic amines) is 1. The third kappa shape index (κ3) is 4.46. The minimum atomic E-state index is -0.143. The molecular weight excluding hydrogens is 290 g/mol. The molecule has 0 aromatic rings. The van der Waals surface area contributed by atoms with Crippen molar-refractivity contribution < 1.29 is 9.90 Å². The maximum atomic E-state index is 12.7. The second-order valence-corrected chi connectivity index (χ2v) is 7.93. The van der Waals surface area contributed by atoms with Crippen molar-refractivity contribution in [2.45, 2.75) is 51.7 Å². The average Bonchev–Trinajstić information content (AvgIpc) is 3.40. The Kier molecular flexibility index (Phi) is 5.60. The highest BCUT2D eigenvalue weighted by Crippen LogP contribution is 2.33. The largest absolute Gasteiger partial charge is 0.392 e. The molecule has 1 aliphatic carbocycles. The van der Waals surface area contributed by atoms with E-state index in [2.05, 4.69) is 28.5 Å². The summed E-state index contributed by atoms with van der Waals surface area (Å²) in [6, 6.07) is -0.00101. The average molecular weight is 323 g/mol. The van der Waals surface area contributed by atoms with Crippen molar-refractivity contribution in [2.24, 2.45) is 11.8 Å². The van der Waals surface area contributed by atoms with Crippen LogP contribution in [0, 0.1) is 11.8 Å². The number of carbonyl (C=O) groups excluding carboxylic acids is 1. The second-order valence-electron chi connectivity index (χ2n) is 7.93. The fourth-order valence-electron chi connectivity index (χ4n) is 3.88. The minimum absolute atomic E-state index is 0.00101. The molecule has 2 heterocycles. The van der Waals surface area contributed by atoms with Gasteiger partial charge in [-0.3, -0.25) is 14.6 Å². The summed E-state index contributed by atoms with van der Waals surface area (Å²) in [7, 11) is 0. The molecule has 2 saturated heterocycles. The molecule has 2 atom stereocenters. The number of rotatable bonds is 5. The summed E-state index contributed by atoms with van der Waals surface area (Å²) in [4.78, 5) is 19.4. The third-order valence-electron chi connectivity index (χ3n) is 6.02. The van der Waals surface area contributed by atoms with Crippen molar-refractivity contribution in [3.05, 3.63) is 0 Å². The predicted molar refractivity (Wildman–Crippen MR) is 91.2 cm³/mol. The van der Waals surface area contributed by atoms with Crippen LogP contribution < -0.4 is 0 Å². The lowest BCUT2D eigenvalue weighted by atomic mass is 9.98. The number of amides is 1. The van der Waals surface area contributed by atoms with Crippen LogP contribution in [0.3, 0.4) is 0 Å². The third-order valence-corrected chi connectivity index (χ3v) is 6.02. The molecule has 3 aliphatic rings. The number of piperidine rings is 1. The van der Waals surface area contributed by atoms with Gasteiger partial charge in [0.1, 0.15) is 0 Å². The highest BCUT2D eigenvalue weighted by atomic mass is 16.3. The van der Waals surface area contributed by atoms with Crippen molar-refractivity contribution in [3.63, 3.8) is 0 Å². The van der Waals surface area contributed by atoms with Crippen molar-refractivity contribution in [1.82, 2.24) is 14.7 Å². The van der Waals surface area contributed by atoms with E-state index in [-0.39, 0.29) is 12.1 Å². The zero-order valence-electron chi connectivity index (χ0n) is 14.8. The van der Waals surface area contributed by atoms with Crippen LogP contribution in [0.1, 0.15) is 39.5 Å². The Morgan fingerprint density at radius 3 is 2.22 bits per heavy atom. The molecule has 5 nitrogen and oxygen atoms in total. The monoisotopic (exact) mass is 323 g/mol. The fourth-order valence-corrected chi connectivity index (χ4v) is 3.88. The number of nitrogens with zero attached hydrogens (tertiary/aromatic N) is 3. The minimum Gasteiger partial charge on any atom is -0.392 e.